The van der Waals surface area contributed by atoms with Gasteiger partial charge in [-0.15, -0.1) is 0 Å². The van der Waals surface area contributed by atoms with E-state index in [-0.39, 0.29) is 6.79 Å². The molecule has 6 aromatic rings. The minimum atomic E-state index is 0.235. The first kappa shape index (κ1) is 38.8. The Labute approximate surface area is 334 Å². The van der Waals surface area contributed by atoms with Crippen LogP contribution in [0, 0.1) is 0 Å². The zero-order valence-electron chi connectivity index (χ0n) is 33.1. The molecule has 0 spiro atoms. The molecule has 0 atom stereocenters. The first-order valence-corrected chi connectivity index (χ1v) is 19.0. The third-order valence-corrected chi connectivity index (χ3v) is 9.90. The summed E-state index contributed by atoms with van der Waals surface area (Å²) in [5.41, 5.74) is 6.63. The lowest BCUT2D eigenvalue weighted by atomic mass is 10.0. The number of rotatable bonds is 18. The monoisotopic (exact) mass is 768 g/mol. The standard InChI is InChI=1S/C48H48O9/c1-49-38-10-6-8-32(20-38)12-15-35-22-40(51-3)29-42(24-35)56-46-27-37(17-14-34-18-19-44-45(26-34)55-31-54-44)28-47(48(46)53-5)57-43-25-36(23-41(30-43)52-4)16-13-33-9-7-11-39(21-33)50-2/h6-11,18-30H,12-17,31H2,1-5H3. The van der Waals surface area contributed by atoms with Crippen molar-refractivity contribution in [2.24, 2.45) is 0 Å². The number of methoxy groups -OCH3 is 5. The second-order valence-electron chi connectivity index (χ2n) is 13.8. The van der Waals surface area contributed by atoms with Crippen molar-refractivity contribution >= 4 is 0 Å². The van der Waals surface area contributed by atoms with Gasteiger partial charge in [-0.3, -0.25) is 0 Å². The first-order valence-electron chi connectivity index (χ1n) is 19.0. The van der Waals surface area contributed by atoms with Crippen LogP contribution in [0.15, 0.2) is 115 Å². The van der Waals surface area contributed by atoms with E-state index >= 15 is 0 Å². The highest BCUT2D eigenvalue weighted by molar-refractivity contribution is 5.58. The summed E-state index contributed by atoms with van der Waals surface area (Å²) in [6, 6.07) is 38.2. The molecule has 0 radical (unpaired) electrons. The Morgan fingerprint density at radius 1 is 0.368 bits per heavy atom. The van der Waals surface area contributed by atoms with Gasteiger partial charge in [0.1, 0.15) is 34.5 Å². The predicted molar refractivity (Wildman–Crippen MR) is 220 cm³/mol. The smallest absolute Gasteiger partial charge is 0.231 e. The highest BCUT2D eigenvalue weighted by Gasteiger charge is 2.19. The molecule has 0 bridgehead atoms. The van der Waals surface area contributed by atoms with Crippen LogP contribution in [-0.2, 0) is 38.5 Å². The average Bonchev–Trinajstić information content (AvgIpc) is 3.72. The summed E-state index contributed by atoms with van der Waals surface area (Å²) in [6.07, 6.45) is 4.65. The molecule has 1 aliphatic heterocycles. The average molecular weight is 769 g/mol. The van der Waals surface area contributed by atoms with Crippen molar-refractivity contribution in [3.8, 4) is 63.2 Å². The Kier molecular flexibility index (Phi) is 12.5. The molecule has 0 aliphatic carbocycles. The number of hydrogen-bond donors (Lipinski definition) is 0. The molecule has 57 heavy (non-hydrogen) atoms. The van der Waals surface area contributed by atoms with Crippen LogP contribution in [0.4, 0.5) is 0 Å². The number of fused-ring (bicyclic) bond motifs is 1. The molecule has 0 unspecified atom stereocenters. The van der Waals surface area contributed by atoms with E-state index in [1.165, 1.54) is 11.1 Å². The minimum Gasteiger partial charge on any atom is -0.497 e. The van der Waals surface area contributed by atoms with Crippen molar-refractivity contribution in [2.45, 2.75) is 38.5 Å². The Hall–Kier alpha value is -6.48. The molecule has 6 aromatic carbocycles. The van der Waals surface area contributed by atoms with Gasteiger partial charge in [-0.25, -0.2) is 0 Å². The van der Waals surface area contributed by atoms with Crippen LogP contribution in [0.1, 0.15) is 33.4 Å². The van der Waals surface area contributed by atoms with Crippen LogP contribution in [0.5, 0.6) is 63.2 Å². The second-order valence-corrected chi connectivity index (χ2v) is 13.8. The van der Waals surface area contributed by atoms with Crippen LogP contribution in [-0.4, -0.2) is 42.3 Å². The van der Waals surface area contributed by atoms with Crippen molar-refractivity contribution in [2.75, 3.05) is 42.3 Å². The molecule has 0 N–H and O–H groups in total. The fourth-order valence-electron chi connectivity index (χ4n) is 6.90. The SMILES string of the molecule is COc1cccc(CCc2cc(OC)cc(Oc3cc(CCc4ccc5c(c4)OCO5)cc(Oc4cc(CCc5cccc(OC)c5)cc(OC)c4)c3OC)c2)c1. The van der Waals surface area contributed by atoms with Gasteiger partial charge in [0.25, 0.3) is 0 Å². The molecule has 9 heteroatoms. The Morgan fingerprint density at radius 2 is 0.789 bits per heavy atom. The second kappa shape index (κ2) is 18.4. The fourth-order valence-corrected chi connectivity index (χ4v) is 6.90. The van der Waals surface area contributed by atoms with Gasteiger partial charge in [-0.1, -0.05) is 30.3 Å². The maximum absolute atomic E-state index is 6.70. The maximum Gasteiger partial charge on any atom is 0.231 e. The van der Waals surface area contributed by atoms with Crippen molar-refractivity contribution in [3.63, 3.8) is 0 Å². The molecule has 0 saturated heterocycles. The molecule has 1 aliphatic rings. The number of hydrogen-bond acceptors (Lipinski definition) is 9. The van der Waals surface area contributed by atoms with E-state index in [1.807, 2.05) is 84.9 Å². The molecule has 0 amide bonds. The third kappa shape index (κ3) is 10.0. The van der Waals surface area contributed by atoms with Crippen LogP contribution in [0.3, 0.4) is 0 Å². The van der Waals surface area contributed by atoms with Gasteiger partial charge in [-0.05, 0) is 145 Å². The quantitative estimate of drug-likeness (QED) is 0.0849. The summed E-state index contributed by atoms with van der Waals surface area (Å²) < 4.78 is 53.0. The summed E-state index contributed by atoms with van der Waals surface area (Å²) in [4.78, 5) is 0. The Morgan fingerprint density at radius 3 is 1.28 bits per heavy atom. The fraction of sp³-hybridized carbons (Fsp3) is 0.250. The molecule has 0 fully saturated rings. The van der Waals surface area contributed by atoms with Crippen molar-refractivity contribution in [1.82, 2.24) is 0 Å². The molecule has 0 saturated carbocycles. The van der Waals surface area contributed by atoms with Gasteiger partial charge in [0, 0.05) is 12.1 Å². The molecule has 1 heterocycles. The van der Waals surface area contributed by atoms with E-state index in [0.717, 1.165) is 77.4 Å². The van der Waals surface area contributed by atoms with E-state index < -0.39 is 0 Å². The molecule has 294 valence electrons. The zero-order chi connectivity index (χ0) is 39.6. The van der Waals surface area contributed by atoms with Crippen LogP contribution in [0.25, 0.3) is 0 Å². The van der Waals surface area contributed by atoms with Crippen LogP contribution < -0.4 is 42.6 Å². The van der Waals surface area contributed by atoms with E-state index in [9.17, 15) is 0 Å². The van der Waals surface area contributed by atoms with E-state index in [0.29, 0.717) is 46.7 Å². The first-order chi connectivity index (χ1) is 27.9. The minimum absolute atomic E-state index is 0.235. The summed E-state index contributed by atoms with van der Waals surface area (Å²) in [7, 11) is 8.31. The lowest BCUT2D eigenvalue weighted by molar-refractivity contribution is 0.174. The van der Waals surface area contributed by atoms with Gasteiger partial charge < -0.3 is 42.6 Å². The highest BCUT2D eigenvalue weighted by Crippen LogP contribution is 2.44. The lowest BCUT2D eigenvalue weighted by Crippen LogP contribution is -2.00. The van der Waals surface area contributed by atoms with Crippen LogP contribution in [0.2, 0.25) is 0 Å². The lowest BCUT2D eigenvalue weighted by Gasteiger charge is -2.18. The largest absolute Gasteiger partial charge is 0.497 e. The number of aryl methyl sites for hydroxylation is 6. The summed E-state index contributed by atoms with van der Waals surface area (Å²) in [5, 5.41) is 0. The van der Waals surface area contributed by atoms with Gasteiger partial charge in [0.05, 0.1) is 35.5 Å². The van der Waals surface area contributed by atoms with Gasteiger partial charge in [-0.2, -0.15) is 0 Å². The van der Waals surface area contributed by atoms with Gasteiger partial charge >= 0.3 is 0 Å². The third-order valence-electron chi connectivity index (χ3n) is 9.90. The van der Waals surface area contributed by atoms with Crippen molar-refractivity contribution in [3.05, 3.63) is 149 Å². The van der Waals surface area contributed by atoms with Gasteiger partial charge in [0.15, 0.2) is 23.0 Å². The number of benzene rings is 6. The Bertz CT molecular complexity index is 2170. The summed E-state index contributed by atoms with van der Waals surface area (Å²) >= 11 is 0. The van der Waals surface area contributed by atoms with E-state index in [4.69, 9.17) is 42.6 Å². The molecule has 7 rings (SSSR count). The number of ether oxygens (including phenoxy) is 9. The predicted octanol–water partition coefficient (Wildman–Crippen LogP) is 10.4. The molecule has 0 aromatic heterocycles. The van der Waals surface area contributed by atoms with E-state index in [1.54, 1.807) is 35.5 Å². The maximum atomic E-state index is 6.70. The topological polar surface area (TPSA) is 83.1 Å². The summed E-state index contributed by atoms with van der Waals surface area (Å²) in [6.45, 7) is 0.235. The van der Waals surface area contributed by atoms with E-state index in [2.05, 4.69) is 30.3 Å². The Balaban J connectivity index is 1.19. The normalized spacial score (nSPS) is 11.5. The van der Waals surface area contributed by atoms with Crippen LogP contribution >= 0.6 is 0 Å². The zero-order valence-corrected chi connectivity index (χ0v) is 33.1. The van der Waals surface area contributed by atoms with Crippen molar-refractivity contribution in [1.29, 1.82) is 0 Å². The molecular formula is C48H48O9. The summed E-state index contributed by atoms with van der Waals surface area (Å²) in [5.74, 6) is 7.32. The molecular weight excluding hydrogens is 721 g/mol. The highest BCUT2D eigenvalue weighted by atomic mass is 16.7. The van der Waals surface area contributed by atoms with Crippen molar-refractivity contribution < 1.29 is 42.6 Å². The molecule has 9 nitrogen and oxygen atoms in total. The van der Waals surface area contributed by atoms with Gasteiger partial charge in [0.2, 0.25) is 12.5 Å².